The van der Waals surface area contributed by atoms with E-state index in [1.165, 1.54) is 0 Å². The van der Waals surface area contributed by atoms with Crippen molar-refractivity contribution in [3.05, 3.63) is 11.7 Å². The zero-order valence-electron chi connectivity index (χ0n) is 12.8. The summed E-state index contributed by atoms with van der Waals surface area (Å²) < 4.78 is 10.8. The minimum Gasteiger partial charge on any atom is -0.481 e. The Morgan fingerprint density at radius 3 is 2.60 bits per heavy atom. The summed E-state index contributed by atoms with van der Waals surface area (Å²) in [6.07, 6.45) is 0.299. The summed E-state index contributed by atoms with van der Waals surface area (Å²) in [7, 11) is 0. The Kier molecular flexibility index (Phi) is 5.68. The van der Waals surface area contributed by atoms with Gasteiger partial charge in [0.1, 0.15) is 6.10 Å². The van der Waals surface area contributed by atoms with Crippen LogP contribution in [0.25, 0.3) is 0 Å². The largest absolute Gasteiger partial charge is 0.481 e. The van der Waals surface area contributed by atoms with Gasteiger partial charge in [0, 0.05) is 13.0 Å². The van der Waals surface area contributed by atoms with Crippen LogP contribution < -0.4 is 0 Å². The van der Waals surface area contributed by atoms with Crippen LogP contribution in [0.15, 0.2) is 4.52 Å². The molecule has 0 bridgehead atoms. The van der Waals surface area contributed by atoms with Gasteiger partial charge in [0.2, 0.25) is 11.7 Å². The highest BCUT2D eigenvalue weighted by molar-refractivity contribution is 5.67. The van der Waals surface area contributed by atoms with Crippen molar-refractivity contribution in [3.63, 3.8) is 0 Å². The number of ether oxygens (including phenoxy) is 1. The van der Waals surface area contributed by atoms with Crippen molar-refractivity contribution in [1.82, 2.24) is 10.1 Å². The second-order valence-corrected chi connectivity index (χ2v) is 6.08. The Balaban J connectivity index is 2.78. The third kappa shape index (κ3) is 4.92. The van der Waals surface area contributed by atoms with Gasteiger partial charge in [-0.2, -0.15) is 4.98 Å². The molecule has 0 radical (unpaired) electrons. The van der Waals surface area contributed by atoms with Crippen molar-refractivity contribution < 1.29 is 19.2 Å². The van der Waals surface area contributed by atoms with Gasteiger partial charge in [0.15, 0.2) is 0 Å². The smallest absolute Gasteiger partial charge is 0.303 e. The second kappa shape index (κ2) is 6.83. The maximum atomic E-state index is 10.8. The number of carboxylic acids is 1. The van der Waals surface area contributed by atoms with Crippen LogP contribution in [0.3, 0.4) is 0 Å². The molecule has 0 aliphatic carbocycles. The number of aromatic nitrogens is 2. The van der Waals surface area contributed by atoms with E-state index in [-0.39, 0.29) is 18.4 Å². The predicted molar refractivity (Wildman–Crippen MR) is 73.2 cm³/mol. The first-order valence-electron chi connectivity index (χ1n) is 6.91. The molecule has 0 aliphatic rings. The Hall–Kier alpha value is -1.43. The van der Waals surface area contributed by atoms with Crippen LogP contribution in [0.2, 0.25) is 0 Å². The molecule has 0 aromatic carbocycles. The fraction of sp³-hybridized carbons (Fsp3) is 0.786. The molecule has 1 heterocycles. The van der Waals surface area contributed by atoms with E-state index in [9.17, 15) is 4.79 Å². The first-order chi connectivity index (χ1) is 9.25. The SMILES string of the molecule is CCOC(c1noc(CC(C)(C)CC(=O)O)n1)C(C)C. The van der Waals surface area contributed by atoms with Gasteiger partial charge in [-0.1, -0.05) is 32.9 Å². The Morgan fingerprint density at radius 2 is 2.10 bits per heavy atom. The molecule has 0 saturated heterocycles. The van der Waals surface area contributed by atoms with Crippen LogP contribution in [0.4, 0.5) is 0 Å². The molecule has 0 spiro atoms. The van der Waals surface area contributed by atoms with Crippen LogP contribution in [-0.2, 0) is 16.0 Å². The van der Waals surface area contributed by atoms with Gasteiger partial charge in [-0.15, -0.1) is 0 Å². The molecular formula is C14H24N2O4. The van der Waals surface area contributed by atoms with Crippen molar-refractivity contribution in [2.24, 2.45) is 11.3 Å². The Bertz CT molecular complexity index is 440. The van der Waals surface area contributed by atoms with Crippen LogP contribution in [0.5, 0.6) is 0 Å². The van der Waals surface area contributed by atoms with Gasteiger partial charge in [0.05, 0.1) is 6.42 Å². The lowest BCUT2D eigenvalue weighted by Gasteiger charge is -2.19. The normalized spacial score (nSPS) is 13.7. The summed E-state index contributed by atoms with van der Waals surface area (Å²) in [6.45, 7) is 10.3. The summed E-state index contributed by atoms with van der Waals surface area (Å²) in [5.74, 6) is 0.399. The second-order valence-electron chi connectivity index (χ2n) is 6.08. The van der Waals surface area contributed by atoms with E-state index in [0.717, 1.165) is 0 Å². The van der Waals surface area contributed by atoms with Gasteiger partial charge in [-0.3, -0.25) is 4.79 Å². The van der Waals surface area contributed by atoms with Crippen molar-refractivity contribution in [2.75, 3.05) is 6.61 Å². The molecule has 20 heavy (non-hydrogen) atoms. The maximum absolute atomic E-state index is 10.8. The average molecular weight is 284 g/mol. The molecule has 6 nitrogen and oxygen atoms in total. The predicted octanol–water partition coefficient (Wildman–Crippen LogP) is 2.85. The molecule has 0 amide bonds. The first kappa shape index (κ1) is 16.6. The van der Waals surface area contributed by atoms with E-state index in [1.54, 1.807) is 0 Å². The van der Waals surface area contributed by atoms with E-state index in [4.69, 9.17) is 14.4 Å². The fourth-order valence-corrected chi connectivity index (χ4v) is 2.08. The molecule has 1 rings (SSSR count). The van der Waals surface area contributed by atoms with E-state index in [0.29, 0.717) is 24.7 Å². The Morgan fingerprint density at radius 1 is 1.45 bits per heavy atom. The number of rotatable bonds is 8. The number of carboxylic acid groups (broad SMARTS) is 1. The van der Waals surface area contributed by atoms with Gasteiger partial charge < -0.3 is 14.4 Å². The van der Waals surface area contributed by atoms with E-state index < -0.39 is 11.4 Å². The van der Waals surface area contributed by atoms with Crippen molar-refractivity contribution in [1.29, 1.82) is 0 Å². The van der Waals surface area contributed by atoms with Crippen molar-refractivity contribution in [3.8, 4) is 0 Å². The Labute approximate surface area is 119 Å². The van der Waals surface area contributed by atoms with Crippen LogP contribution in [0, 0.1) is 11.3 Å². The number of aliphatic carboxylic acids is 1. The molecule has 114 valence electrons. The van der Waals surface area contributed by atoms with E-state index in [1.807, 2.05) is 34.6 Å². The molecule has 1 aromatic rings. The van der Waals surface area contributed by atoms with Crippen LogP contribution in [0.1, 0.15) is 58.9 Å². The number of hydrogen-bond donors (Lipinski definition) is 1. The number of nitrogens with zero attached hydrogens (tertiary/aromatic N) is 2. The maximum Gasteiger partial charge on any atom is 0.303 e. The topological polar surface area (TPSA) is 85.5 Å². The summed E-state index contributed by atoms with van der Waals surface area (Å²) in [4.78, 5) is 15.2. The lowest BCUT2D eigenvalue weighted by Crippen LogP contribution is -2.20. The van der Waals surface area contributed by atoms with Crippen LogP contribution >= 0.6 is 0 Å². The average Bonchev–Trinajstić information content (AvgIpc) is 2.70. The molecule has 1 atom stereocenters. The third-order valence-corrected chi connectivity index (χ3v) is 2.95. The molecule has 1 unspecified atom stereocenters. The summed E-state index contributed by atoms with van der Waals surface area (Å²) >= 11 is 0. The van der Waals surface area contributed by atoms with Gasteiger partial charge in [-0.05, 0) is 18.3 Å². The fourth-order valence-electron chi connectivity index (χ4n) is 2.08. The summed E-state index contributed by atoms with van der Waals surface area (Å²) in [5, 5.41) is 12.8. The minimum atomic E-state index is -0.830. The number of hydrogen-bond acceptors (Lipinski definition) is 5. The van der Waals surface area contributed by atoms with E-state index in [2.05, 4.69) is 10.1 Å². The minimum absolute atomic E-state index is 0.0593. The van der Waals surface area contributed by atoms with Crippen molar-refractivity contribution >= 4 is 5.97 Å². The molecule has 0 aliphatic heterocycles. The molecule has 1 aromatic heterocycles. The zero-order chi connectivity index (χ0) is 15.3. The highest BCUT2D eigenvalue weighted by Crippen LogP contribution is 2.27. The highest BCUT2D eigenvalue weighted by atomic mass is 16.5. The van der Waals surface area contributed by atoms with Gasteiger partial charge in [-0.25, -0.2) is 0 Å². The van der Waals surface area contributed by atoms with Gasteiger partial charge >= 0.3 is 5.97 Å². The molecular weight excluding hydrogens is 260 g/mol. The van der Waals surface area contributed by atoms with Crippen molar-refractivity contribution in [2.45, 2.75) is 53.6 Å². The first-order valence-corrected chi connectivity index (χ1v) is 6.91. The van der Waals surface area contributed by atoms with E-state index >= 15 is 0 Å². The lowest BCUT2D eigenvalue weighted by molar-refractivity contribution is -0.139. The standard InChI is InChI=1S/C14H24N2O4/c1-6-19-12(9(2)3)13-15-10(20-16-13)7-14(4,5)8-11(17)18/h9,12H,6-8H2,1-5H3,(H,17,18). The van der Waals surface area contributed by atoms with Crippen LogP contribution in [-0.4, -0.2) is 27.8 Å². The number of carbonyl (C=O) groups is 1. The molecule has 0 fully saturated rings. The summed E-state index contributed by atoms with van der Waals surface area (Å²) in [6, 6.07) is 0. The lowest BCUT2D eigenvalue weighted by atomic mass is 9.86. The summed E-state index contributed by atoms with van der Waals surface area (Å²) in [5.41, 5.74) is -0.422. The molecule has 0 saturated carbocycles. The monoisotopic (exact) mass is 284 g/mol. The zero-order valence-corrected chi connectivity index (χ0v) is 12.8. The third-order valence-electron chi connectivity index (χ3n) is 2.95. The molecule has 1 N–H and O–H groups in total. The molecule has 6 heteroatoms. The van der Waals surface area contributed by atoms with Gasteiger partial charge in [0.25, 0.3) is 0 Å². The highest BCUT2D eigenvalue weighted by Gasteiger charge is 2.27. The quantitative estimate of drug-likeness (QED) is 0.790.